The second-order valence-electron chi connectivity index (χ2n) is 2.68. The Morgan fingerprint density at radius 3 is 2.85 bits per heavy atom. The number of pyridine rings is 1. The molecule has 2 rings (SSSR count). The van der Waals surface area contributed by atoms with Crippen LogP contribution in [0.15, 0.2) is 33.7 Å². The van der Waals surface area contributed by atoms with E-state index in [1.165, 1.54) is 6.07 Å². The summed E-state index contributed by atoms with van der Waals surface area (Å²) in [4.78, 5) is 13.7. The molecule has 0 saturated heterocycles. The predicted octanol–water partition coefficient (Wildman–Crippen LogP) is 2.94. The quantitative estimate of drug-likeness (QED) is 0.724. The van der Waals surface area contributed by atoms with Gasteiger partial charge in [0.2, 0.25) is 5.56 Å². The van der Waals surface area contributed by atoms with E-state index in [1.54, 1.807) is 12.1 Å². The van der Waals surface area contributed by atoms with E-state index in [0.717, 1.165) is 10.8 Å². The van der Waals surface area contributed by atoms with Crippen molar-refractivity contribution in [1.29, 1.82) is 0 Å². The van der Waals surface area contributed by atoms with Crippen LogP contribution in [0.4, 0.5) is 0 Å². The number of halogens is 2. The number of hydrogen-bond donors (Lipinski definition) is 1. The average Bonchev–Trinajstić information content (AvgIpc) is 2.02. The highest BCUT2D eigenvalue weighted by Gasteiger charge is 2.00. The largest absolute Gasteiger partial charge is 0.316 e. The lowest BCUT2D eigenvalue weighted by atomic mass is 10.2. The maximum atomic E-state index is 11.1. The summed E-state index contributed by atoms with van der Waals surface area (Å²) in [5.74, 6) is 0. The van der Waals surface area contributed by atoms with Gasteiger partial charge in [-0.15, -0.1) is 0 Å². The molecular formula is C9H5BrClNO. The van der Waals surface area contributed by atoms with Crippen molar-refractivity contribution >= 4 is 38.3 Å². The molecule has 13 heavy (non-hydrogen) atoms. The molecule has 4 heteroatoms. The minimum absolute atomic E-state index is 0.137. The van der Waals surface area contributed by atoms with Crippen LogP contribution in [0, 0.1) is 0 Å². The van der Waals surface area contributed by atoms with Crippen LogP contribution in [0.1, 0.15) is 0 Å². The van der Waals surface area contributed by atoms with Crippen molar-refractivity contribution in [2.45, 2.75) is 0 Å². The number of H-pyrrole nitrogens is 1. The van der Waals surface area contributed by atoms with Crippen molar-refractivity contribution < 1.29 is 0 Å². The van der Waals surface area contributed by atoms with Gasteiger partial charge in [0, 0.05) is 16.5 Å². The molecule has 2 nitrogen and oxygen atoms in total. The highest BCUT2D eigenvalue weighted by Crippen LogP contribution is 2.22. The molecule has 0 aliphatic heterocycles. The van der Waals surface area contributed by atoms with Gasteiger partial charge in [-0.3, -0.25) is 4.79 Å². The van der Waals surface area contributed by atoms with Crippen LogP contribution >= 0.6 is 27.5 Å². The molecular weight excluding hydrogens is 253 g/mol. The molecule has 0 saturated carbocycles. The van der Waals surface area contributed by atoms with Crippen molar-refractivity contribution in [3.8, 4) is 0 Å². The Morgan fingerprint density at radius 2 is 2.08 bits per heavy atom. The van der Waals surface area contributed by atoms with Crippen molar-refractivity contribution in [2.75, 3.05) is 0 Å². The zero-order valence-corrected chi connectivity index (χ0v) is 8.82. The SMILES string of the molecule is O=c1cc2cc(Cl)ccc2c(Br)[nH]1. The Hall–Kier alpha value is -0.800. The third-order valence-electron chi connectivity index (χ3n) is 1.77. The van der Waals surface area contributed by atoms with Crippen LogP contribution in [0.25, 0.3) is 10.8 Å². The highest BCUT2D eigenvalue weighted by molar-refractivity contribution is 9.10. The van der Waals surface area contributed by atoms with Gasteiger partial charge in [-0.05, 0) is 33.4 Å². The van der Waals surface area contributed by atoms with E-state index in [4.69, 9.17) is 11.6 Å². The minimum Gasteiger partial charge on any atom is -0.316 e. The normalized spacial score (nSPS) is 10.6. The van der Waals surface area contributed by atoms with E-state index in [-0.39, 0.29) is 5.56 Å². The lowest BCUT2D eigenvalue weighted by molar-refractivity contribution is 1.23. The van der Waals surface area contributed by atoms with Gasteiger partial charge in [0.25, 0.3) is 0 Å². The maximum absolute atomic E-state index is 11.1. The first-order valence-electron chi connectivity index (χ1n) is 3.65. The van der Waals surface area contributed by atoms with Gasteiger partial charge in [0.05, 0.1) is 4.60 Å². The highest BCUT2D eigenvalue weighted by atomic mass is 79.9. The van der Waals surface area contributed by atoms with E-state index in [1.807, 2.05) is 6.07 Å². The summed E-state index contributed by atoms with van der Waals surface area (Å²) in [6.07, 6.45) is 0. The fraction of sp³-hybridized carbons (Fsp3) is 0. The molecule has 0 aliphatic carbocycles. The van der Waals surface area contributed by atoms with Crippen LogP contribution in [0.5, 0.6) is 0 Å². The summed E-state index contributed by atoms with van der Waals surface area (Å²) in [6.45, 7) is 0. The van der Waals surface area contributed by atoms with Crippen molar-refractivity contribution in [3.63, 3.8) is 0 Å². The van der Waals surface area contributed by atoms with Crippen molar-refractivity contribution in [3.05, 3.63) is 44.2 Å². The van der Waals surface area contributed by atoms with E-state index >= 15 is 0 Å². The summed E-state index contributed by atoms with van der Waals surface area (Å²) < 4.78 is 0.687. The molecule has 0 unspecified atom stereocenters. The van der Waals surface area contributed by atoms with E-state index in [2.05, 4.69) is 20.9 Å². The molecule has 0 atom stereocenters. The second-order valence-corrected chi connectivity index (χ2v) is 3.91. The molecule has 1 N–H and O–H groups in total. The summed E-state index contributed by atoms with van der Waals surface area (Å²) in [5, 5.41) is 2.41. The first kappa shape index (κ1) is 8.78. The fourth-order valence-corrected chi connectivity index (χ4v) is 1.94. The molecule has 0 amide bonds. The van der Waals surface area contributed by atoms with Crippen LogP contribution in [0.3, 0.4) is 0 Å². The van der Waals surface area contributed by atoms with Crippen molar-refractivity contribution in [1.82, 2.24) is 4.98 Å². The van der Waals surface area contributed by atoms with Crippen molar-refractivity contribution in [2.24, 2.45) is 0 Å². The van der Waals surface area contributed by atoms with Gasteiger partial charge in [-0.25, -0.2) is 0 Å². The minimum atomic E-state index is -0.137. The van der Waals surface area contributed by atoms with Crippen LogP contribution in [-0.2, 0) is 0 Å². The Kier molecular flexibility index (Phi) is 2.14. The van der Waals surface area contributed by atoms with E-state index in [9.17, 15) is 4.79 Å². The number of fused-ring (bicyclic) bond motifs is 1. The topological polar surface area (TPSA) is 32.9 Å². The Balaban J connectivity index is 2.94. The smallest absolute Gasteiger partial charge is 0.249 e. The fourth-order valence-electron chi connectivity index (χ4n) is 1.21. The zero-order valence-electron chi connectivity index (χ0n) is 6.47. The van der Waals surface area contributed by atoms with E-state index in [0.29, 0.717) is 9.63 Å². The molecule has 0 bridgehead atoms. The lowest BCUT2D eigenvalue weighted by Crippen LogP contribution is -2.03. The third kappa shape index (κ3) is 1.62. The molecule has 2 aromatic rings. The molecule has 0 spiro atoms. The summed E-state index contributed by atoms with van der Waals surface area (Å²) in [5.41, 5.74) is -0.137. The summed E-state index contributed by atoms with van der Waals surface area (Å²) >= 11 is 9.07. The van der Waals surface area contributed by atoms with Gasteiger partial charge in [-0.1, -0.05) is 17.7 Å². The Morgan fingerprint density at radius 1 is 1.31 bits per heavy atom. The predicted molar refractivity (Wildman–Crippen MR) is 57.3 cm³/mol. The number of aromatic amines is 1. The number of nitrogens with one attached hydrogen (secondary N) is 1. The second kappa shape index (κ2) is 3.16. The maximum Gasteiger partial charge on any atom is 0.249 e. The van der Waals surface area contributed by atoms with Crippen LogP contribution in [-0.4, -0.2) is 4.98 Å². The first-order chi connectivity index (χ1) is 6.16. The van der Waals surface area contributed by atoms with Crippen LogP contribution < -0.4 is 5.56 Å². The number of rotatable bonds is 0. The summed E-state index contributed by atoms with van der Waals surface area (Å²) in [6, 6.07) is 6.92. The third-order valence-corrected chi connectivity index (χ3v) is 2.63. The average molecular weight is 259 g/mol. The zero-order chi connectivity index (χ0) is 9.42. The van der Waals surface area contributed by atoms with Gasteiger partial charge >= 0.3 is 0 Å². The standard InChI is InChI=1S/C9H5BrClNO/c10-9-7-2-1-6(11)3-5(7)4-8(13)12-9/h1-4H,(H,12,13). The lowest BCUT2D eigenvalue weighted by Gasteiger charge is -1.99. The molecule has 1 heterocycles. The number of aromatic nitrogens is 1. The monoisotopic (exact) mass is 257 g/mol. The Labute approximate surface area is 87.7 Å². The molecule has 66 valence electrons. The van der Waals surface area contributed by atoms with Gasteiger partial charge in [-0.2, -0.15) is 0 Å². The molecule has 0 aliphatic rings. The van der Waals surface area contributed by atoms with Crippen LogP contribution in [0.2, 0.25) is 5.02 Å². The summed E-state index contributed by atoms with van der Waals surface area (Å²) in [7, 11) is 0. The van der Waals surface area contributed by atoms with Gasteiger partial charge in [0.15, 0.2) is 0 Å². The van der Waals surface area contributed by atoms with Gasteiger partial charge < -0.3 is 4.98 Å². The molecule has 1 aromatic heterocycles. The van der Waals surface area contributed by atoms with E-state index < -0.39 is 0 Å². The number of hydrogen-bond acceptors (Lipinski definition) is 1. The Bertz CT molecular complexity index is 520. The molecule has 1 aromatic carbocycles. The number of benzene rings is 1. The molecule has 0 fully saturated rings. The first-order valence-corrected chi connectivity index (χ1v) is 4.82. The van der Waals surface area contributed by atoms with Gasteiger partial charge in [0.1, 0.15) is 0 Å². The molecule has 0 radical (unpaired) electrons.